The van der Waals surface area contributed by atoms with Gasteiger partial charge in [-0.05, 0) is 12.8 Å². The first kappa shape index (κ1) is 12.8. The van der Waals surface area contributed by atoms with Crippen LogP contribution < -0.4 is 16.8 Å². The van der Waals surface area contributed by atoms with E-state index in [9.17, 15) is 4.79 Å². The zero-order valence-electron chi connectivity index (χ0n) is 9.03. The molecule has 0 unspecified atom stereocenters. The van der Waals surface area contributed by atoms with Gasteiger partial charge in [0.2, 0.25) is 5.91 Å². The molecule has 1 saturated carbocycles. The maximum atomic E-state index is 11.4. The highest BCUT2D eigenvalue weighted by molar-refractivity contribution is 8.14. The molecule has 6 nitrogen and oxygen atoms in total. The van der Waals surface area contributed by atoms with E-state index in [0.717, 1.165) is 24.6 Å². The topological polar surface area (TPSA) is 117 Å². The molecule has 0 saturated heterocycles. The summed E-state index contributed by atoms with van der Waals surface area (Å²) in [6, 6.07) is 0.311. The highest BCUT2D eigenvalue weighted by atomic mass is 32.2. The number of amides is 1. The van der Waals surface area contributed by atoms with Gasteiger partial charge in [-0.2, -0.15) is 4.99 Å². The first-order chi connectivity index (χ1) is 7.58. The Bertz CT molecular complexity index is 294. The predicted octanol–water partition coefficient (Wildman–Crippen LogP) is -0.0134. The Hall–Kier alpha value is -1.24. The molecule has 0 spiro atoms. The molecule has 0 aliphatic heterocycles. The van der Waals surface area contributed by atoms with Crippen LogP contribution in [-0.4, -0.2) is 28.8 Å². The summed E-state index contributed by atoms with van der Waals surface area (Å²) >= 11 is 1.02. The molecule has 0 aromatic rings. The Labute approximate surface area is 98.7 Å². The van der Waals surface area contributed by atoms with Crippen LogP contribution in [0.25, 0.3) is 0 Å². The number of thioether (sulfide) groups is 1. The van der Waals surface area contributed by atoms with Gasteiger partial charge in [-0.3, -0.25) is 10.2 Å². The van der Waals surface area contributed by atoms with Crippen LogP contribution in [0.3, 0.4) is 0 Å². The summed E-state index contributed by atoms with van der Waals surface area (Å²) in [6.07, 6.45) is 4.48. The fourth-order valence-electron chi connectivity index (χ4n) is 1.62. The third kappa shape index (κ3) is 5.01. The summed E-state index contributed by atoms with van der Waals surface area (Å²) in [4.78, 5) is 15.0. The third-order valence-corrected chi connectivity index (χ3v) is 3.06. The van der Waals surface area contributed by atoms with E-state index < -0.39 is 0 Å². The van der Waals surface area contributed by atoms with Crippen LogP contribution in [0, 0.1) is 5.41 Å². The smallest absolute Gasteiger partial charge is 0.230 e. The quantitative estimate of drug-likeness (QED) is 0.412. The van der Waals surface area contributed by atoms with E-state index in [1.165, 1.54) is 12.8 Å². The number of carbonyl (C=O) groups is 1. The molecule has 0 radical (unpaired) electrons. The Morgan fingerprint density at radius 1 is 1.44 bits per heavy atom. The number of aliphatic imine (C=N–C) groups is 1. The summed E-state index contributed by atoms with van der Waals surface area (Å²) < 4.78 is 0. The van der Waals surface area contributed by atoms with Crippen LogP contribution in [0.2, 0.25) is 0 Å². The molecular formula is C9H17N5OS. The second-order valence-electron chi connectivity index (χ2n) is 3.68. The molecular weight excluding hydrogens is 226 g/mol. The fourth-order valence-corrected chi connectivity index (χ4v) is 2.14. The first-order valence-corrected chi connectivity index (χ1v) is 6.17. The van der Waals surface area contributed by atoms with Gasteiger partial charge >= 0.3 is 0 Å². The van der Waals surface area contributed by atoms with Crippen LogP contribution in [-0.2, 0) is 4.79 Å². The highest BCUT2D eigenvalue weighted by Gasteiger charge is 2.17. The molecule has 16 heavy (non-hydrogen) atoms. The zero-order valence-corrected chi connectivity index (χ0v) is 9.85. The molecule has 90 valence electrons. The number of rotatable bonds is 3. The van der Waals surface area contributed by atoms with Crippen LogP contribution in [0.1, 0.15) is 25.7 Å². The molecule has 0 heterocycles. The molecule has 1 aliphatic rings. The second kappa shape index (κ2) is 6.37. The van der Waals surface area contributed by atoms with Crippen molar-refractivity contribution in [2.45, 2.75) is 31.7 Å². The summed E-state index contributed by atoms with van der Waals surface area (Å²) in [7, 11) is 0. The minimum atomic E-state index is -0.159. The molecule has 0 bridgehead atoms. The monoisotopic (exact) mass is 243 g/mol. The summed E-state index contributed by atoms with van der Waals surface area (Å²) in [5, 5.41) is 10.2. The van der Waals surface area contributed by atoms with Crippen molar-refractivity contribution in [3.8, 4) is 0 Å². The largest absolute Gasteiger partial charge is 0.370 e. The fraction of sp³-hybridized carbons (Fsp3) is 0.667. The van der Waals surface area contributed by atoms with Gasteiger partial charge in [0.25, 0.3) is 0 Å². The molecule has 1 amide bonds. The van der Waals surface area contributed by atoms with Crippen LogP contribution >= 0.6 is 11.8 Å². The number of hydrogen-bond donors (Lipinski definition) is 4. The van der Waals surface area contributed by atoms with Gasteiger partial charge in [-0.25, -0.2) is 0 Å². The maximum Gasteiger partial charge on any atom is 0.230 e. The molecule has 0 aromatic heterocycles. The van der Waals surface area contributed by atoms with Gasteiger partial charge in [0.05, 0.1) is 5.75 Å². The highest BCUT2D eigenvalue weighted by Crippen LogP contribution is 2.17. The van der Waals surface area contributed by atoms with Crippen molar-refractivity contribution in [3.05, 3.63) is 0 Å². The minimum absolute atomic E-state index is 0.0402. The van der Waals surface area contributed by atoms with Gasteiger partial charge in [0.15, 0.2) is 11.1 Å². The molecule has 1 rings (SSSR count). The van der Waals surface area contributed by atoms with E-state index in [1.54, 1.807) is 0 Å². The molecule has 1 fully saturated rings. The Kier molecular flexibility index (Phi) is 5.10. The first-order valence-electron chi connectivity index (χ1n) is 5.18. The molecule has 7 heteroatoms. The lowest BCUT2D eigenvalue weighted by Crippen LogP contribution is -2.34. The van der Waals surface area contributed by atoms with E-state index in [2.05, 4.69) is 10.3 Å². The van der Waals surface area contributed by atoms with Gasteiger partial charge in [-0.1, -0.05) is 24.6 Å². The van der Waals surface area contributed by atoms with E-state index in [4.69, 9.17) is 16.9 Å². The van der Waals surface area contributed by atoms with Crippen LogP contribution in [0.5, 0.6) is 0 Å². The van der Waals surface area contributed by atoms with Gasteiger partial charge in [0.1, 0.15) is 0 Å². The Morgan fingerprint density at radius 3 is 2.62 bits per heavy atom. The Morgan fingerprint density at radius 2 is 2.06 bits per heavy atom. The normalized spacial score (nSPS) is 15.8. The average Bonchev–Trinajstić information content (AvgIpc) is 2.66. The SMILES string of the molecule is N=C(N=C(N)N)SCC(=O)NC1CCCC1. The van der Waals surface area contributed by atoms with Crippen molar-refractivity contribution in [3.63, 3.8) is 0 Å². The molecule has 0 atom stereocenters. The van der Waals surface area contributed by atoms with Crippen molar-refractivity contribution in [2.75, 3.05) is 5.75 Å². The maximum absolute atomic E-state index is 11.4. The average molecular weight is 243 g/mol. The number of amidine groups is 1. The lowest BCUT2D eigenvalue weighted by atomic mass is 10.2. The second-order valence-corrected chi connectivity index (χ2v) is 4.64. The number of nitrogens with one attached hydrogen (secondary N) is 2. The van der Waals surface area contributed by atoms with E-state index in [-0.39, 0.29) is 22.8 Å². The number of carbonyl (C=O) groups excluding carboxylic acids is 1. The number of hydrogen-bond acceptors (Lipinski definition) is 3. The van der Waals surface area contributed by atoms with E-state index >= 15 is 0 Å². The van der Waals surface area contributed by atoms with Crippen molar-refractivity contribution in [1.82, 2.24) is 5.32 Å². The summed E-state index contributed by atoms with van der Waals surface area (Å²) in [5.41, 5.74) is 10.2. The third-order valence-electron chi connectivity index (χ3n) is 2.29. The summed E-state index contributed by atoms with van der Waals surface area (Å²) in [6.45, 7) is 0. The van der Waals surface area contributed by atoms with Crippen LogP contribution in [0.15, 0.2) is 4.99 Å². The lowest BCUT2D eigenvalue weighted by molar-refractivity contribution is -0.119. The number of nitrogens with two attached hydrogens (primary N) is 2. The number of guanidine groups is 1. The molecule has 0 aromatic carbocycles. The van der Waals surface area contributed by atoms with Crippen molar-refractivity contribution >= 4 is 28.8 Å². The summed E-state index contributed by atoms with van der Waals surface area (Å²) in [5.74, 6) is -0.0345. The molecule has 1 aliphatic carbocycles. The van der Waals surface area contributed by atoms with Crippen molar-refractivity contribution in [1.29, 1.82) is 5.41 Å². The zero-order chi connectivity index (χ0) is 12.0. The minimum Gasteiger partial charge on any atom is -0.370 e. The van der Waals surface area contributed by atoms with Crippen LogP contribution in [0.4, 0.5) is 0 Å². The molecule has 6 N–H and O–H groups in total. The lowest BCUT2D eigenvalue weighted by Gasteiger charge is -2.10. The Balaban J connectivity index is 2.19. The van der Waals surface area contributed by atoms with E-state index in [0.29, 0.717) is 6.04 Å². The van der Waals surface area contributed by atoms with Crippen molar-refractivity contribution in [2.24, 2.45) is 16.5 Å². The standard InChI is InChI=1S/C9H17N5OS/c10-8(11)14-9(12)16-5-7(15)13-6-3-1-2-4-6/h6H,1-5H2,(H,13,15)(H5,10,11,12,14). The van der Waals surface area contributed by atoms with Gasteiger partial charge < -0.3 is 16.8 Å². The van der Waals surface area contributed by atoms with Gasteiger partial charge in [-0.15, -0.1) is 0 Å². The predicted molar refractivity (Wildman–Crippen MR) is 66.4 cm³/mol. The van der Waals surface area contributed by atoms with Gasteiger partial charge in [0, 0.05) is 6.04 Å². The van der Waals surface area contributed by atoms with E-state index in [1.807, 2.05) is 0 Å². The van der Waals surface area contributed by atoms with Crippen molar-refractivity contribution < 1.29 is 4.79 Å². The number of nitrogens with zero attached hydrogens (tertiary/aromatic N) is 1.